The zero-order valence-electron chi connectivity index (χ0n) is 17.4. The van der Waals surface area contributed by atoms with Crippen molar-refractivity contribution in [2.75, 3.05) is 11.4 Å². The molecule has 0 fully saturated rings. The Labute approximate surface area is 172 Å². The molecule has 0 aliphatic carbocycles. The first-order valence-corrected chi connectivity index (χ1v) is 10.2. The van der Waals surface area contributed by atoms with Crippen molar-refractivity contribution in [2.24, 2.45) is 7.05 Å². The number of carbonyl (C=O) groups is 1. The summed E-state index contributed by atoms with van der Waals surface area (Å²) >= 11 is 0. The van der Waals surface area contributed by atoms with Gasteiger partial charge in [-0.25, -0.2) is 9.78 Å². The molecule has 0 bridgehead atoms. The molecular formula is C24H28N4O. The summed E-state index contributed by atoms with van der Waals surface area (Å²) in [5, 5.41) is 3.13. The number of hydrogen-bond donors (Lipinski definition) is 1. The van der Waals surface area contributed by atoms with Gasteiger partial charge in [0.15, 0.2) is 0 Å². The number of rotatable bonds is 4. The van der Waals surface area contributed by atoms with Crippen LogP contribution in [-0.4, -0.2) is 27.7 Å². The van der Waals surface area contributed by atoms with E-state index in [-0.39, 0.29) is 11.6 Å². The summed E-state index contributed by atoms with van der Waals surface area (Å²) in [7, 11) is 2.00. The fourth-order valence-corrected chi connectivity index (χ4v) is 4.17. The van der Waals surface area contributed by atoms with E-state index in [0.29, 0.717) is 6.54 Å². The molecule has 29 heavy (non-hydrogen) atoms. The van der Waals surface area contributed by atoms with Crippen molar-refractivity contribution in [1.82, 2.24) is 14.9 Å². The van der Waals surface area contributed by atoms with Gasteiger partial charge in [0, 0.05) is 42.8 Å². The Bertz CT molecular complexity index is 1010. The van der Waals surface area contributed by atoms with Gasteiger partial charge < -0.3 is 9.88 Å². The lowest BCUT2D eigenvalue weighted by molar-refractivity contribution is 0.237. The lowest BCUT2D eigenvalue weighted by atomic mass is 9.85. The summed E-state index contributed by atoms with van der Waals surface area (Å²) in [4.78, 5) is 19.7. The molecule has 0 atom stereocenters. The SMILES string of the molecule is Cn1ccnc1-c1cccc2c1CCC(C)(C)N2C(=O)NCCc1ccccc1. The van der Waals surface area contributed by atoms with Crippen molar-refractivity contribution >= 4 is 11.7 Å². The Kier molecular flexibility index (Phi) is 5.14. The number of amides is 2. The van der Waals surface area contributed by atoms with Gasteiger partial charge in [-0.3, -0.25) is 4.90 Å². The minimum atomic E-state index is -0.246. The number of fused-ring (bicyclic) bond motifs is 1. The Morgan fingerprint density at radius 2 is 1.93 bits per heavy atom. The van der Waals surface area contributed by atoms with Gasteiger partial charge in [0.25, 0.3) is 0 Å². The Morgan fingerprint density at radius 1 is 1.14 bits per heavy atom. The molecule has 150 valence electrons. The van der Waals surface area contributed by atoms with E-state index in [1.165, 1.54) is 11.1 Å². The third-order valence-electron chi connectivity index (χ3n) is 5.78. The Balaban J connectivity index is 1.60. The van der Waals surface area contributed by atoms with E-state index < -0.39 is 0 Å². The molecule has 2 aromatic carbocycles. The monoisotopic (exact) mass is 388 g/mol. The second-order valence-electron chi connectivity index (χ2n) is 8.28. The van der Waals surface area contributed by atoms with Crippen molar-refractivity contribution in [3.8, 4) is 11.4 Å². The van der Waals surface area contributed by atoms with Crippen molar-refractivity contribution in [2.45, 2.75) is 38.6 Å². The topological polar surface area (TPSA) is 50.2 Å². The van der Waals surface area contributed by atoms with Gasteiger partial charge in [0.2, 0.25) is 0 Å². The number of nitrogens with zero attached hydrogens (tertiary/aromatic N) is 3. The van der Waals surface area contributed by atoms with Gasteiger partial charge in [0.05, 0.1) is 0 Å². The number of carbonyl (C=O) groups excluding carboxylic acids is 1. The molecule has 0 spiro atoms. The maximum Gasteiger partial charge on any atom is 0.322 e. The highest BCUT2D eigenvalue weighted by atomic mass is 16.2. The largest absolute Gasteiger partial charge is 0.337 e. The van der Waals surface area contributed by atoms with Crippen LogP contribution in [0.5, 0.6) is 0 Å². The van der Waals surface area contributed by atoms with E-state index >= 15 is 0 Å². The molecule has 0 saturated heterocycles. The molecule has 1 N–H and O–H groups in total. The zero-order valence-corrected chi connectivity index (χ0v) is 17.4. The molecule has 1 aliphatic rings. The van der Waals surface area contributed by atoms with Gasteiger partial charge in [0.1, 0.15) is 5.82 Å². The number of aromatic nitrogens is 2. The average molecular weight is 389 g/mol. The molecule has 0 unspecified atom stereocenters. The van der Waals surface area contributed by atoms with E-state index in [2.05, 4.69) is 48.4 Å². The summed E-state index contributed by atoms with van der Waals surface area (Å²) in [6, 6.07) is 16.4. The van der Waals surface area contributed by atoms with Gasteiger partial charge in [-0.15, -0.1) is 0 Å². The highest BCUT2D eigenvalue weighted by Crippen LogP contribution is 2.41. The van der Waals surface area contributed by atoms with Crippen LogP contribution in [0.15, 0.2) is 60.9 Å². The van der Waals surface area contributed by atoms with Crippen molar-refractivity contribution in [3.63, 3.8) is 0 Å². The van der Waals surface area contributed by atoms with Crippen LogP contribution in [0.3, 0.4) is 0 Å². The van der Waals surface area contributed by atoms with Crippen molar-refractivity contribution in [3.05, 3.63) is 72.1 Å². The zero-order chi connectivity index (χ0) is 20.4. The van der Waals surface area contributed by atoms with Gasteiger partial charge in [-0.2, -0.15) is 0 Å². The summed E-state index contributed by atoms with van der Waals surface area (Å²) in [5.74, 6) is 0.936. The van der Waals surface area contributed by atoms with Crippen LogP contribution in [0.4, 0.5) is 10.5 Å². The third kappa shape index (κ3) is 3.77. The predicted octanol–water partition coefficient (Wildman–Crippen LogP) is 4.57. The van der Waals surface area contributed by atoms with E-state index in [1.807, 2.05) is 53.2 Å². The van der Waals surface area contributed by atoms with Crippen LogP contribution in [0.1, 0.15) is 31.4 Å². The molecular weight excluding hydrogens is 360 g/mol. The smallest absolute Gasteiger partial charge is 0.322 e. The number of nitrogens with one attached hydrogen (secondary N) is 1. The van der Waals surface area contributed by atoms with Crippen LogP contribution >= 0.6 is 0 Å². The number of urea groups is 1. The number of benzene rings is 2. The van der Waals surface area contributed by atoms with Crippen molar-refractivity contribution in [1.29, 1.82) is 0 Å². The lowest BCUT2D eigenvalue weighted by Crippen LogP contribution is -2.55. The molecule has 2 heterocycles. The molecule has 1 aliphatic heterocycles. The Hall–Kier alpha value is -3.08. The van der Waals surface area contributed by atoms with Crippen LogP contribution in [-0.2, 0) is 19.9 Å². The fraction of sp³-hybridized carbons (Fsp3) is 0.333. The van der Waals surface area contributed by atoms with Crippen LogP contribution in [0, 0.1) is 0 Å². The molecule has 4 rings (SSSR count). The van der Waals surface area contributed by atoms with E-state index in [0.717, 1.165) is 36.3 Å². The molecule has 2 amide bonds. The van der Waals surface area contributed by atoms with Gasteiger partial charge >= 0.3 is 6.03 Å². The van der Waals surface area contributed by atoms with E-state index in [1.54, 1.807) is 0 Å². The highest BCUT2D eigenvalue weighted by molar-refractivity contribution is 5.96. The minimum absolute atomic E-state index is 0.0381. The molecule has 0 saturated carbocycles. The number of aryl methyl sites for hydroxylation is 1. The quantitative estimate of drug-likeness (QED) is 0.712. The lowest BCUT2D eigenvalue weighted by Gasteiger charge is -2.43. The van der Waals surface area contributed by atoms with E-state index in [4.69, 9.17) is 0 Å². The standard InChI is InChI=1S/C24H28N4O/c1-24(2)14-12-19-20(22-25-16-17-27(22)3)10-7-11-21(19)28(24)23(29)26-15-13-18-8-5-4-6-9-18/h4-11,16-17H,12-15H2,1-3H3,(H,26,29). The second kappa shape index (κ2) is 7.74. The summed E-state index contributed by atoms with van der Waals surface area (Å²) in [5.41, 5.74) is 4.26. The first kappa shape index (κ1) is 19.2. The first-order chi connectivity index (χ1) is 14.0. The van der Waals surface area contributed by atoms with Crippen LogP contribution in [0.2, 0.25) is 0 Å². The first-order valence-electron chi connectivity index (χ1n) is 10.2. The number of anilines is 1. The summed E-state index contributed by atoms with van der Waals surface area (Å²) in [6.45, 7) is 4.89. The number of imidazole rings is 1. The molecule has 3 aromatic rings. The molecule has 5 nitrogen and oxygen atoms in total. The maximum atomic E-state index is 13.2. The van der Waals surface area contributed by atoms with Gasteiger partial charge in [-0.05, 0) is 50.3 Å². The summed E-state index contributed by atoms with van der Waals surface area (Å²) < 4.78 is 2.03. The number of hydrogen-bond acceptors (Lipinski definition) is 2. The average Bonchev–Trinajstić information content (AvgIpc) is 3.13. The third-order valence-corrected chi connectivity index (χ3v) is 5.78. The molecule has 1 aromatic heterocycles. The normalized spacial score (nSPS) is 15.1. The second-order valence-corrected chi connectivity index (χ2v) is 8.28. The molecule has 0 radical (unpaired) electrons. The fourth-order valence-electron chi connectivity index (χ4n) is 4.17. The summed E-state index contributed by atoms with van der Waals surface area (Å²) in [6.07, 6.45) is 6.43. The highest BCUT2D eigenvalue weighted by Gasteiger charge is 2.38. The Morgan fingerprint density at radius 3 is 2.66 bits per heavy atom. The predicted molar refractivity (Wildman–Crippen MR) is 117 cm³/mol. The van der Waals surface area contributed by atoms with E-state index in [9.17, 15) is 4.79 Å². The minimum Gasteiger partial charge on any atom is -0.337 e. The van der Waals surface area contributed by atoms with Crippen molar-refractivity contribution < 1.29 is 4.79 Å². The van der Waals surface area contributed by atoms with Crippen LogP contribution < -0.4 is 10.2 Å². The van der Waals surface area contributed by atoms with Gasteiger partial charge in [-0.1, -0.05) is 42.5 Å². The molecule has 5 heteroatoms. The maximum absolute atomic E-state index is 13.2. The van der Waals surface area contributed by atoms with Crippen LogP contribution in [0.25, 0.3) is 11.4 Å².